The maximum absolute atomic E-state index is 4.74. The van der Waals surface area contributed by atoms with Crippen LogP contribution >= 0.6 is 11.8 Å². The van der Waals surface area contributed by atoms with E-state index in [9.17, 15) is 0 Å². The number of rotatable bonds is 1. The number of thioether (sulfide) groups is 1. The van der Waals surface area contributed by atoms with Gasteiger partial charge in [0, 0.05) is 11.8 Å². The van der Waals surface area contributed by atoms with E-state index in [4.69, 9.17) is 4.99 Å². The van der Waals surface area contributed by atoms with Crippen LogP contribution in [0.15, 0.2) is 4.99 Å². The molecule has 2 nitrogen and oxygen atoms in total. The molecular formula is C11H20N2S. The molecule has 0 aromatic carbocycles. The summed E-state index contributed by atoms with van der Waals surface area (Å²) in [5.41, 5.74) is 0.311. The van der Waals surface area contributed by atoms with Crippen molar-refractivity contribution >= 4 is 16.9 Å². The average molecular weight is 212 g/mol. The van der Waals surface area contributed by atoms with Gasteiger partial charge >= 0.3 is 0 Å². The molecule has 0 aromatic rings. The smallest absolute Gasteiger partial charge is 0.157 e. The fourth-order valence-electron chi connectivity index (χ4n) is 1.58. The highest BCUT2D eigenvalue weighted by molar-refractivity contribution is 8.14. The molecule has 0 amide bonds. The van der Waals surface area contributed by atoms with Gasteiger partial charge in [-0.1, -0.05) is 39.5 Å². The first-order chi connectivity index (χ1) is 6.47. The minimum Gasteiger partial charge on any atom is -0.362 e. The van der Waals surface area contributed by atoms with Crippen LogP contribution in [0.25, 0.3) is 0 Å². The largest absolute Gasteiger partial charge is 0.362 e. The van der Waals surface area contributed by atoms with Crippen LogP contribution in [0, 0.1) is 11.3 Å². The van der Waals surface area contributed by atoms with Crippen molar-refractivity contribution < 1.29 is 0 Å². The van der Waals surface area contributed by atoms with Gasteiger partial charge in [-0.3, -0.25) is 4.99 Å². The van der Waals surface area contributed by atoms with Gasteiger partial charge in [0.25, 0.3) is 0 Å². The van der Waals surface area contributed by atoms with Crippen molar-refractivity contribution in [3.8, 4) is 0 Å². The summed E-state index contributed by atoms with van der Waals surface area (Å²) >= 11 is 1.89. The molecule has 1 fully saturated rings. The third-order valence-corrected chi connectivity index (χ3v) is 4.05. The molecule has 2 aliphatic rings. The van der Waals surface area contributed by atoms with Crippen LogP contribution in [0.2, 0.25) is 0 Å². The van der Waals surface area contributed by atoms with Gasteiger partial charge in [0.1, 0.15) is 0 Å². The standard InChI is InChI=1S/C11H20N2S/c1-7-5-8(7)12-10-13-9(6-14-10)11(2,3)4/h7-9H,5-6H2,1-4H3,(H,12,13). The van der Waals surface area contributed by atoms with E-state index in [1.807, 2.05) is 11.8 Å². The topological polar surface area (TPSA) is 24.4 Å². The summed E-state index contributed by atoms with van der Waals surface area (Å²) in [5.74, 6) is 2.00. The van der Waals surface area contributed by atoms with Crippen molar-refractivity contribution in [1.29, 1.82) is 0 Å². The van der Waals surface area contributed by atoms with Gasteiger partial charge in [0.15, 0.2) is 5.17 Å². The van der Waals surface area contributed by atoms with Gasteiger partial charge in [-0.05, 0) is 17.8 Å². The molecule has 1 N–H and O–H groups in total. The van der Waals surface area contributed by atoms with E-state index in [1.165, 1.54) is 11.6 Å². The van der Waals surface area contributed by atoms with Crippen molar-refractivity contribution in [2.24, 2.45) is 16.3 Å². The third-order valence-electron chi connectivity index (χ3n) is 3.07. The molecule has 3 heteroatoms. The third kappa shape index (κ3) is 2.25. The van der Waals surface area contributed by atoms with Gasteiger partial charge in [0.2, 0.25) is 0 Å². The van der Waals surface area contributed by atoms with E-state index in [1.54, 1.807) is 0 Å². The van der Waals surface area contributed by atoms with Crippen molar-refractivity contribution in [2.75, 3.05) is 5.75 Å². The Bertz CT molecular complexity index is 255. The summed E-state index contributed by atoms with van der Waals surface area (Å²) in [6, 6.07) is 1.20. The Balaban J connectivity index is 1.89. The van der Waals surface area contributed by atoms with Crippen LogP contribution in [0.3, 0.4) is 0 Å². The molecule has 0 radical (unpaired) electrons. The zero-order chi connectivity index (χ0) is 10.3. The summed E-state index contributed by atoms with van der Waals surface area (Å²) in [5, 5.41) is 4.70. The summed E-state index contributed by atoms with van der Waals surface area (Å²) in [6.45, 7) is 9.10. The molecule has 3 atom stereocenters. The minimum atomic E-state index is 0.311. The van der Waals surface area contributed by atoms with Gasteiger partial charge in [0.05, 0.1) is 6.04 Å². The van der Waals surface area contributed by atoms with E-state index >= 15 is 0 Å². The predicted molar refractivity (Wildman–Crippen MR) is 63.8 cm³/mol. The van der Waals surface area contributed by atoms with Gasteiger partial charge in [-0.25, -0.2) is 0 Å². The monoisotopic (exact) mass is 212 g/mol. The number of hydrogen-bond donors (Lipinski definition) is 1. The van der Waals surface area contributed by atoms with E-state index in [0.29, 0.717) is 17.5 Å². The molecule has 3 unspecified atom stereocenters. The Labute approximate surface area is 90.9 Å². The molecule has 1 aliphatic heterocycles. The second-order valence-electron chi connectivity index (χ2n) is 5.59. The highest BCUT2D eigenvalue weighted by Gasteiger charge is 2.36. The van der Waals surface area contributed by atoms with Crippen molar-refractivity contribution in [2.45, 2.75) is 46.2 Å². The van der Waals surface area contributed by atoms with E-state index in [0.717, 1.165) is 11.7 Å². The number of hydrogen-bond acceptors (Lipinski definition) is 3. The van der Waals surface area contributed by atoms with Crippen LogP contribution < -0.4 is 5.32 Å². The Morgan fingerprint density at radius 3 is 2.50 bits per heavy atom. The molecule has 0 saturated heterocycles. The number of aliphatic imine (C=N–C) groups is 1. The molecule has 0 bridgehead atoms. The second-order valence-corrected chi connectivity index (χ2v) is 6.60. The second kappa shape index (κ2) is 3.44. The lowest BCUT2D eigenvalue weighted by Crippen LogP contribution is -2.25. The molecule has 1 heterocycles. The molecule has 0 aromatic heterocycles. The Kier molecular flexibility index (Phi) is 2.54. The molecule has 80 valence electrons. The highest BCUT2D eigenvalue weighted by Crippen LogP contribution is 2.34. The molecule has 2 rings (SSSR count). The average Bonchev–Trinajstić information content (AvgIpc) is 2.60. The molecule has 1 aliphatic carbocycles. The Morgan fingerprint density at radius 2 is 2.07 bits per heavy atom. The first kappa shape index (κ1) is 10.3. The lowest BCUT2D eigenvalue weighted by Gasteiger charge is -2.22. The van der Waals surface area contributed by atoms with E-state index in [2.05, 4.69) is 33.0 Å². The fourth-order valence-corrected chi connectivity index (χ4v) is 2.91. The fraction of sp³-hybridized carbons (Fsp3) is 0.909. The van der Waals surface area contributed by atoms with Crippen LogP contribution in [0.4, 0.5) is 0 Å². The summed E-state index contributed by atoms with van der Waals surface area (Å²) in [6.07, 6.45) is 1.32. The SMILES string of the molecule is CC1CC1NC1=NC(C(C)(C)C)CS1. The Morgan fingerprint density at radius 1 is 1.43 bits per heavy atom. The summed E-state index contributed by atoms with van der Waals surface area (Å²) in [7, 11) is 0. The first-order valence-electron chi connectivity index (χ1n) is 5.44. The van der Waals surface area contributed by atoms with Crippen LogP contribution in [0.1, 0.15) is 34.1 Å². The highest BCUT2D eigenvalue weighted by atomic mass is 32.2. The van der Waals surface area contributed by atoms with Crippen molar-refractivity contribution in [3.63, 3.8) is 0 Å². The number of amidine groups is 1. The minimum absolute atomic E-state index is 0.311. The zero-order valence-corrected chi connectivity index (χ0v) is 10.3. The van der Waals surface area contributed by atoms with Gasteiger partial charge in [-0.2, -0.15) is 0 Å². The lowest BCUT2D eigenvalue weighted by atomic mass is 9.88. The normalized spacial score (nSPS) is 36.9. The van der Waals surface area contributed by atoms with Crippen molar-refractivity contribution in [1.82, 2.24) is 5.32 Å². The summed E-state index contributed by atoms with van der Waals surface area (Å²) < 4.78 is 0. The van der Waals surface area contributed by atoms with E-state index < -0.39 is 0 Å². The molecular weight excluding hydrogens is 192 g/mol. The first-order valence-corrected chi connectivity index (χ1v) is 6.42. The number of nitrogens with one attached hydrogen (secondary N) is 1. The van der Waals surface area contributed by atoms with Gasteiger partial charge in [-0.15, -0.1) is 0 Å². The van der Waals surface area contributed by atoms with Crippen LogP contribution in [-0.2, 0) is 0 Å². The van der Waals surface area contributed by atoms with Crippen LogP contribution in [-0.4, -0.2) is 23.0 Å². The quantitative estimate of drug-likeness (QED) is 0.722. The molecule has 14 heavy (non-hydrogen) atoms. The molecule has 0 spiro atoms. The maximum atomic E-state index is 4.74. The maximum Gasteiger partial charge on any atom is 0.157 e. The van der Waals surface area contributed by atoms with Crippen molar-refractivity contribution in [3.05, 3.63) is 0 Å². The zero-order valence-electron chi connectivity index (χ0n) is 9.50. The lowest BCUT2D eigenvalue weighted by molar-refractivity contribution is 0.348. The summed E-state index contributed by atoms with van der Waals surface area (Å²) in [4.78, 5) is 4.74. The van der Waals surface area contributed by atoms with Crippen LogP contribution in [0.5, 0.6) is 0 Å². The van der Waals surface area contributed by atoms with E-state index in [-0.39, 0.29) is 0 Å². The molecule has 1 saturated carbocycles. The Hall–Kier alpha value is -0.180. The van der Waals surface area contributed by atoms with Gasteiger partial charge < -0.3 is 5.32 Å². The predicted octanol–water partition coefficient (Wildman–Crippen LogP) is 2.50. The number of nitrogens with zero attached hydrogens (tertiary/aromatic N) is 1.